The van der Waals surface area contributed by atoms with E-state index in [1.54, 1.807) is 6.07 Å². The largest absolute Gasteiger partial charge is 0.478 e. The van der Waals surface area contributed by atoms with E-state index in [-0.39, 0.29) is 11.3 Å². The lowest BCUT2D eigenvalue weighted by molar-refractivity contribution is 0.0698. The van der Waals surface area contributed by atoms with Crippen molar-refractivity contribution in [3.63, 3.8) is 0 Å². The number of benzene rings is 2. The van der Waals surface area contributed by atoms with Gasteiger partial charge >= 0.3 is 16.2 Å². The standard InChI is InChI=1S/C17H19N3O4S2/c21-17(22)15-12-14(25)6-7-16(15)18-26(23,24)20-10-8-19(9-11-20)13-4-2-1-3-5-13/h1-7,12,18,25H,8-11H2,(H,21,22). The zero-order valence-corrected chi connectivity index (χ0v) is 15.6. The van der Waals surface area contributed by atoms with E-state index >= 15 is 0 Å². The molecule has 1 aliphatic rings. The summed E-state index contributed by atoms with van der Waals surface area (Å²) in [5.74, 6) is -1.22. The number of carboxylic acids is 1. The topological polar surface area (TPSA) is 89.9 Å². The van der Waals surface area contributed by atoms with Crippen LogP contribution in [0.1, 0.15) is 10.4 Å². The van der Waals surface area contributed by atoms with Crippen LogP contribution >= 0.6 is 12.6 Å². The van der Waals surface area contributed by atoms with E-state index in [1.165, 1.54) is 16.4 Å². The second kappa shape index (κ2) is 7.56. The number of hydrogen-bond donors (Lipinski definition) is 3. The van der Waals surface area contributed by atoms with E-state index in [1.807, 2.05) is 30.3 Å². The second-order valence-electron chi connectivity index (χ2n) is 5.86. The summed E-state index contributed by atoms with van der Waals surface area (Å²) in [4.78, 5) is 13.9. The van der Waals surface area contributed by atoms with Gasteiger partial charge < -0.3 is 10.0 Å². The minimum absolute atomic E-state index is 0.0285. The molecule has 2 aromatic carbocycles. The van der Waals surface area contributed by atoms with E-state index < -0.39 is 16.2 Å². The van der Waals surface area contributed by atoms with Crippen LogP contribution in [0.4, 0.5) is 11.4 Å². The first-order chi connectivity index (χ1) is 12.4. The van der Waals surface area contributed by atoms with Crippen molar-refractivity contribution in [2.45, 2.75) is 4.90 Å². The molecule has 0 bridgehead atoms. The maximum atomic E-state index is 12.6. The van der Waals surface area contributed by atoms with Crippen molar-refractivity contribution in [2.75, 3.05) is 35.8 Å². The molecule has 2 aromatic rings. The minimum atomic E-state index is -3.84. The predicted molar refractivity (Wildman–Crippen MR) is 103 cm³/mol. The van der Waals surface area contributed by atoms with Gasteiger partial charge in [0.2, 0.25) is 0 Å². The van der Waals surface area contributed by atoms with Gasteiger partial charge in [-0.2, -0.15) is 12.7 Å². The molecule has 0 radical (unpaired) electrons. The quantitative estimate of drug-likeness (QED) is 0.678. The third-order valence-corrected chi connectivity index (χ3v) is 5.97. The van der Waals surface area contributed by atoms with Crippen LogP contribution in [0, 0.1) is 0 Å². The lowest BCUT2D eigenvalue weighted by Crippen LogP contribution is -2.50. The van der Waals surface area contributed by atoms with Crippen molar-refractivity contribution in [3.05, 3.63) is 54.1 Å². The number of carbonyl (C=O) groups is 1. The van der Waals surface area contributed by atoms with Gasteiger partial charge in [-0.05, 0) is 30.3 Å². The van der Waals surface area contributed by atoms with Crippen molar-refractivity contribution in [1.82, 2.24) is 4.31 Å². The molecule has 3 rings (SSSR count). The molecule has 0 unspecified atom stereocenters. The van der Waals surface area contributed by atoms with Crippen LogP contribution in [0.15, 0.2) is 53.4 Å². The minimum Gasteiger partial charge on any atom is -0.478 e. The Balaban J connectivity index is 1.71. The molecule has 138 valence electrons. The Hall–Kier alpha value is -2.23. The molecule has 1 aliphatic heterocycles. The fraction of sp³-hybridized carbons (Fsp3) is 0.235. The van der Waals surface area contributed by atoms with Gasteiger partial charge in [0.25, 0.3) is 0 Å². The second-order valence-corrected chi connectivity index (χ2v) is 8.05. The number of nitrogens with zero attached hydrogens (tertiary/aromatic N) is 2. The summed E-state index contributed by atoms with van der Waals surface area (Å²) in [6.07, 6.45) is 0. The average molecular weight is 393 g/mol. The summed E-state index contributed by atoms with van der Waals surface area (Å²) in [6.45, 7) is 1.76. The Morgan fingerprint density at radius 2 is 1.69 bits per heavy atom. The van der Waals surface area contributed by atoms with Crippen molar-refractivity contribution >= 4 is 40.2 Å². The SMILES string of the molecule is O=C(O)c1cc(S)ccc1NS(=O)(=O)N1CCN(c2ccccc2)CC1. The van der Waals surface area contributed by atoms with Crippen molar-refractivity contribution in [1.29, 1.82) is 0 Å². The van der Waals surface area contributed by atoms with E-state index in [9.17, 15) is 18.3 Å². The van der Waals surface area contributed by atoms with Crippen LogP contribution in [0.5, 0.6) is 0 Å². The molecule has 9 heteroatoms. The summed E-state index contributed by atoms with van der Waals surface area (Å²) in [5.41, 5.74) is 0.944. The highest BCUT2D eigenvalue weighted by Gasteiger charge is 2.28. The number of para-hydroxylation sites is 1. The number of nitrogens with one attached hydrogen (secondary N) is 1. The van der Waals surface area contributed by atoms with Gasteiger partial charge in [0.15, 0.2) is 0 Å². The molecule has 0 saturated carbocycles. The Labute approximate surface area is 157 Å². The monoisotopic (exact) mass is 393 g/mol. The van der Waals surface area contributed by atoms with E-state index in [4.69, 9.17) is 0 Å². The number of thiol groups is 1. The highest BCUT2D eigenvalue weighted by Crippen LogP contribution is 2.23. The molecule has 1 fully saturated rings. The molecular weight excluding hydrogens is 374 g/mol. The molecule has 0 aromatic heterocycles. The van der Waals surface area contributed by atoms with Crippen LogP contribution in [0.25, 0.3) is 0 Å². The Bertz CT molecular complexity index is 895. The van der Waals surface area contributed by atoms with Gasteiger partial charge in [-0.15, -0.1) is 12.6 Å². The molecule has 0 atom stereocenters. The van der Waals surface area contributed by atoms with Gasteiger partial charge in [0.05, 0.1) is 11.3 Å². The predicted octanol–water partition coefficient (Wildman–Crippen LogP) is 2.15. The van der Waals surface area contributed by atoms with Crippen LogP contribution in [0.2, 0.25) is 0 Å². The lowest BCUT2D eigenvalue weighted by Gasteiger charge is -2.35. The lowest BCUT2D eigenvalue weighted by atomic mass is 10.2. The number of anilines is 2. The van der Waals surface area contributed by atoms with E-state index in [0.717, 1.165) is 5.69 Å². The van der Waals surface area contributed by atoms with Crippen molar-refractivity contribution < 1.29 is 18.3 Å². The number of aromatic carboxylic acids is 1. The molecule has 1 saturated heterocycles. The van der Waals surface area contributed by atoms with Crippen molar-refractivity contribution in [3.8, 4) is 0 Å². The maximum Gasteiger partial charge on any atom is 0.337 e. The van der Waals surface area contributed by atoms with E-state index in [2.05, 4.69) is 22.3 Å². The van der Waals surface area contributed by atoms with Gasteiger partial charge in [-0.1, -0.05) is 18.2 Å². The van der Waals surface area contributed by atoms with Crippen molar-refractivity contribution in [2.24, 2.45) is 0 Å². The first-order valence-electron chi connectivity index (χ1n) is 8.01. The van der Waals surface area contributed by atoms with Gasteiger partial charge in [0.1, 0.15) is 0 Å². The fourth-order valence-corrected chi connectivity index (χ4v) is 4.26. The highest BCUT2D eigenvalue weighted by atomic mass is 32.2. The molecule has 26 heavy (non-hydrogen) atoms. The average Bonchev–Trinajstić information content (AvgIpc) is 2.64. The number of carboxylic acid groups (broad SMARTS) is 1. The first-order valence-corrected chi connectivity index (χ1v) is 9.90. The number of rotatable bonds is 5. The smallest absolute Gasteiger partial charge is 0.337 e. The molecular formula is C17H19N3O4S2. The Morgan fingerprint density at radius 3 is 2.31 bits per heavy atom. The van der Waals surface area contributed by atoms with Crippen LogP contribution < -0.4 is 9.62 Å². The molecule has 0 aliphatic carbocycles. The van der Waals surface area contributed by atoms with Gasteiger partial charge in [0, 0.05) is 36.8 Å². The van der Waals surface area contributed by atoms with Gasteiger partial charge in [-0.25, -0.2) is 4.79 Å². The highest BCUT2D eigenvalue weighted by molar-refractivity contribution is 7.90. The molecule has 0 spiro atoms. The van der Waals surface area contributed by atoms with Gasteiger partial charge in [-0.3, -0.25) is 4.72 Å². The zero-order chi connectivity index (χ0) is 18.7. The zero-order valence-electron chi connectivity index (χ0n) is 13.9. The molecule has 0 amide bonds. The summed E-state index contributed by atoms with van der Waals surface area (Å²) >= 11 is 4.10. The third-order valence-electron chi connectivity index (χ3n) is 4.17. The number of piperazine rings is 1. The normalized spacial score (nSPS) is 15.7. The van der Waals surface area contributed by atoms with E-state index in [0.29, 0.717) is 31.1 Å². The molecule has 7 nitrogen and oxygen atoms in total. The summed E-state index contributed by atoms with van der Waals surface area (Å²) < 4.78 is 29.0. The Kier molecular flexibility index (Phi) is 5.40. The summed E-state index contributed by atoms with van der Waals surface area (Å²) in [7, 11) is -3.84. The van der Waals surface area contributed by atoms with Crippen LogP contribution in [-0.4, -0.2) is 50.0 Å². The summed E-state index contributed by atoms with van der Waals surface area (Å²) in [5, 5.41) is 9.27. The Morgan fingerprint density at radius 1 is 1.04 bits per heavy atom. The number of hydrogen-bond acceptors (Lipinski definition) is 5. The van der Waals surface area contributed by atoms with Crippen LogP contribution in [-0.2, 0) is 10.2 Å². The molecule has 1 heterocycles. The third kappa shape index (κ3) is 4.12. The fourth-order valence-electron chi connectivity index (χ4n) is 2.83. The first kappa shape index (κ1) is 18.6. The molecule has 2 N–H and O–H groups in total. The summed E-state index contributed by atoms with van der Waals surface area (Å²) in [6, 6.07) is 14.1. The van der Waals surface area contributed by atoms with Crippen LogP contribution in [0.3, 0.4) is 0 Å². The maximum absolute atomic E-state index is 12.6.